The van der Waals surface area contributed by atoms with Gasteiger partial charge in [-0.05, 0) is 76.3 Å². The van der Waals surface area contributed by atoms with Gasteiger partial charge in [0, 0.05) is 12.6 Å². The van der Waals surface area contributed by atoms with E-state index in [4.69, 9.17) is 0 Å². The smallest absolute Gasteiger partial charge is 0.240 e. The molecule has 2 saturated carbocycles. The van der Waals surface area contributed by atoms with Crippen LogP contribution in [-0.4, -0.2) is 47.9 Å². The first-order chi connectivity index (χ1) is 9.20. The quantitative estimate of drug-likeness (QED) is 0.722. The third-order valence-electron chi connectivity index (χ3n) is 6.20. The predicted octanol–water partition coefficient (Wildman–Crippen LogP) is 2.12. The number of hydrogen-bond donors (Lipinski definition) is 0. The lowest BCUT2D eigenvalue weighted by Gasteiger charge is -2.39. The van der Waals surface area contributed by atoms with Gasteiger partial charge in [-0.25, -0.2) is 0 Å². The van der Waals surface area contributed by atoms with Crippen LogP contribution in [0.1, 0.15) is 44.9 Å². The highest BCUT2D eigenvalue weighted by Crippen LogP contribution is 2.47. The molecule has 3 heteroatoms. The molecule has 0 radical (unpaired) electrons. The molecule has 2 unspecified atom stereocenters. The van der Waals surface area contributed by atoms with Crippen molar-refractivity contribution in [2.24, 2.45) is 17.8 Å². The number of likely N-dealkylation sites (tertiary alicyclic amines) is 1. The fraction of sp³-hybridized carbons (Fsp3) is 0.938. The van der Waals surface area contributed by atoms with E-state index >= 15 is 0 Å². The molecule has 3 atom stereocenters. The summed E-state index contributed by atoms with van der Waals surface area (Å²) < 4.78 is 0. The number of likely N-dealkylation sites (N-methyl/N-ethyl adjacent to an activating group) is 1. The molecule has 1 amide bonds. The molecule has 5 rings (SSSR count). The topological polar surface area (TPSA) is 23.6 Å². The molecular formula is C16H26N2O. The van der Waals surface area contributed by atoms with Gasteiger partial charge >= 0.3 is 0 Å². The minimum atomic E-state index is 0.190. The maximum atomic E-state index is 12.9. The summed E-state index contributed by atoms with van der Waals surface area (Å²) in [5.74, 6) is 3.13. The zero-order valence-electron chi connectivity index (χ0n) is 12.1. The molecule has 4 bridgehead atoms. The van der Waals surface area contributed by atoms with E-state index in [1.165, 1.54) is 38.5 Å². The van der Waals surface area contributed by atoms with Gasteiger partial charge in [-0.1, -0.05) is 0 Å². The molecule has 19 heavy (non-hydrogen) atoms. The number of carbonyl (C=O) groups excluding carboxylic acids is 1. The van der Waals surface area contributed by atoms with E-state index in [2.05, 4.69) is 16.8 Å². The van der Waals surface area contributed by atoms with Crippen molar-refractivity contribution in [3.8, 4) is 0 Å². The molecule has 2 aliphatic carbocycles. The molecule has 0 spiro atoms. The largest absolute Gasteiger partial charge is 0.338 e. The summed E-state index contributed by atoms with van der Waals surface area (Å²) in [6.45, 7) is 2.17. The van der Waals surface area contributed by atoms with Gasteiger partial charge < -0.3 is 4.90 Å². The highest BCUT2D eigenvalue weighted by atomic mass is 16.2. The van der Waals surface area contributed by atoms with Gasteiger partial charge in [-0.2, -0.15) is 0 Å². The van der Waals surface area contributed by atoms with Crippen molar-refractivity contribution in [3.05, 3.63) is 0 Å². The molecule has 3 aliphatic heterocycles. The van der Waals surface area contributed by atoms with E-state index < -0.39 is 0 Å². The van der Waals surface area contributed by atoms with Gasteiger partial charge in [0.1, 0.15) is 0 Å². The first-order valence-corrected chi connectivity index (χ1v) is 8.21. The first kappa shape index (κ1) is 12.2. The van der Waals surface area contributed by atoms with E-state index in [0.29, 0.717) is 11.9 Å². The second kappa shape index (κ2) is 4.47. The van der Waals surface area contributed by atoms with Crippen LogP contribution in [0.15, 0.2) is 0 Å². The lowest BCUT2D eigenvalue weighted by Crippen LogP contribution is -2.49. The molecule has 5 fully saturated rings. The molecule has 0 aromatic heterocycles. The Morgan fingerprint density at radius 2 is 1.68 bits per heavy atom. The number of carbonyl (C=O) groups is 1. The molecule has 0 N–H and O–H groups in total. The van der Waals surface area contributed by atoms with Crippen LogP contribution in [0.3, 0.4) is 0 Å². The Kier molecular flexibility index (Phi) is 2.87. The molecule has 0 aromatic rings. The average molecular weight is 262 g/mol. The van der Waals surface area contributed by atoms with Crippen molar-refractivity contribution in [2.75, 3.05) is 20.1 Å². The summed E-state index contributed by atoms with van der Waals surface area (Å²) in [6, 6.07) is 0.772. The molecule has 5 aliphatic rings. The van der Waals surface area contributed by atoms with Gasteiger partial charge in [0.25, 0.3) is 0 Å². The SMILES string of the molecule is CN1CCC[C@H]1C(=O)N1CC2CC3CC(C2)CC1C3. The maximum Gasteiger partial charge on any atom is 0.240 e. The van der Waals surface area contributed by atoms with E-state index in [1.807, 2.05) is 0 Å². The maximum absolute atomic E-state index is 12.9. The van der Waals surface area contributed by atoms with Crippen molar-refractivity contribution < 1.29 is 4.79 Å². The number of fused-ring (bicyclic) bond motifs is 1. The Bertz CT molecular complexity index is 369. The van der Waals surface area contributed by atoms with Gasteiger partial charge in [-0.3, -0.25) is 9.69 Å². The molecular weight excluding hydrogens is 236 g/mol. The third kappa shape index (κ3) is 2.01. The molecule has 3 saturated heterocycles. The summed E-state index contributed by atoms with van der Waals surface area (Å²) in [4.78, 5) is 17.5. The Morgan fingerprint density at radius 3 is 2.32 bits per heavy atom. The number of hydrogen-bond acceptors (Lipinski definition) is 2. The number of nitrogens with zero attached hydrogens (tertiary/aromatic N) is 2. The van der Waals surface area contributed by atoms with Crippen molar-refractivity contribution >= 4 is 5.91 Å². The standard InChI is InChI=1S/C16H26N2O/c1-17-4-2-3-15(17)16(19)18-10-13-6-11-5-12(7-13)9-14(18)8-11/h11-15H,2-10H2,1H3/t11?,12?,13?,14?,15-/m0/s1. The Hall–Kier alpha value is -0.570. The Morgan fingerprint density at radius 1 is 1.00 bits per heavy atom. The third-order valence-corrected chi connectivity index (χ3v) is 6.20. The zero-order chi connectivity index (χ0) is 13.0. The van der Waals surface area contributed by atoms with E-state index in [1.54, 1.807) is 0 Å². The van der Waals surface area contributed by atoms with E-state index in [9.17, 15) is 4.79 Å². The highest BCUT2D eigenvalue weighted by Gasteiger charge is 2.45. The number of amides is 1. The fourth-order valence-electron chi connectivity index (χ4n) is 5.47. The normalized spacial score (nSPS) is 45.7. The van der Waals surface area contributed by atoms with Gasteiger partial charge in [0.05, 0.1) is 6.04 Å². The van der Waals surface area contributed by atoms with Crippen molar-refractivity contribution in [3.63, 3.8) is 0 Å². The number of rotatable bonds is 1. The highest BCUT2D eigenvalue weighted by molar-refractivity contribution is 5.82. The molecule has 0 aromatic carbocycles. The van der Waals surface area contributed by atoms with Gasteiger partial charge in [0.15, 0.2) is 0 Å². The molecule has 3 nitrogen and oxygen atoms in total. The second-order valence-corrected chi connectivity index (χ2v) is 7.56. The summed E-state index contributed by atoms with van der Waals surface area (Å²) in [5, 5.41) is 0. The average Bonchev–Trinajstić information content (AvgIpc) is 2.70. The van der Waals surface area contributed by atoms with Crippen molar-refractivity contribution in [1.82, 2.24) is 9.80 Å². The summed E-state index contributed by atoms with van der Waals surface area (Å²) >= 11 is 0. The van der Waals surface area contributed by atoms with Gasteiger partial charge in [-0.15, -0.1) is 0 Å². The van der Waals surface area contributed by atoms with Crippen molar-refractivity contribution in [2.45, 2.75) is 57.0 Å². The van der Waals surface area contributed by atoms with Crippen LogP contribution in [0, 0.1) is 17.8 Å². The van der Waals surface area contributed by atoms with E-state index in [0.717, 1.165) is 37.3 Å². The second-order valence-electron chi connectivity index (χ2n) is 7.56. The van der Waals surface area contributed by atoms with E-state index in [-0.39, 0.29) is 6.04 Å². The lowest BCUT2D eigenvalue weighted by atomic mass is 9.68. The van der Waals surface area contributed by atoms with Crippen LogP contribution in [0.2, 0.25) is 0 Å². The van der Waals surface area contributed by atoms with Gasteiger partial charge in [0.2, 0.25) is 5.91 Å². The summed E-state index contributed by atoms with van der Waals surface area (Å²) in [7, 11) is 2.12. The van der Waals surface area contributed by atoms with Crippen LogP contribution in [0.4, 0.5) is 0 Å². The minimum absolute atomic E-state index is 0.190. The predicted molar refractivity (Wildman–Crippen MR) is 74.7 cm³/mol. The van der Waals surface area contributed by atoms with Crippen molar-refractivity contribution in [1.29, 1.82) is 0 Å². The lowest BCUT2D eigenvalue weighted by molar-refractivity contribution is -0.138. The Balaban J connectivity index is 1.56. The molecule has 3 heterocycles. The Labute approximate surface area is 116 Å². The van der Waals surface area contributed by atoms with Crippen LogP contribution in [0.5, 0.6) is 0 Å². The first-order valence-electron chi connectivity index (χ1n) is 8.21. The molecule has 106 valence electrons. The van der Waals surface area contributed by atoms with Crippen LogP contribution in [0.25, 0.3) is 0 Å². The minimum Gasteiger partial charge on any atom is -0.338 e. The van der Waals surface area contributed by atoms with Crippen LogP contribution in [-0.2, 0) is 4.79 Å². The van der Waals surface area contributed by atoms with Crippen LogP contribution < -0.4 is 0 Å². The fourth-order valence-corrected chi connectivity index (χ4v) is 5.47. The van der Waals surface area contributed by atoms with Crippen LogP contribution >= 0.6 is 0 Å². The summed E-state index contributed by atoms with van der Waals surface area (Å²) in [5.41, 5.74) is 0. The monoisotopic (exact) mass is 262 g/mol. The summed E-state index contributed by atoms with van der Waals surface area (Å²) in [6.07, 6.45) is 9.13. The zero-order valence-corrected chi connectivity index (χ0v) is 12.1.